The molecule has 8 heteroatoms. The molecular formula is C12H19N3O4S. The molecule has 0 spiro atoms. The van der Waals surface area contributed by atoms with Gasteiger partial charge in [0.15, 0.2) is 0 Å². The van der Waals surface area contributed by atoms with Crippen molar-refractivity contribution in [3.63, 3.8) is 0 Å². The van der Waals surface area contributed by atoms with Crippen LogP contribution in [0.2, 0.25) is 0 Å². The maximum absolute atomic E-state index is 11.9. The fraction of sp³-hybridized carbons (Fsp3) is 0.583. The van der Waals surface area contributed by atoms with Gasteiger partial charge in [0.25, 0.3) is 0 Å². The SMILES string of the molecule is COC(CNC(=O)N(C)Cc1scnc1C)CC(=O)O. The molecule has 2 N–H and O–H groups in total. The molecule has 1 aromatic rings. The molecule has 0 saturated heterocycles. The van der Waals surface area contributed by atoms with E-state index < -0.39 is 12.1 Å². The zero-order valence-corrected chi connectivity index (χ0v) is 12.6. The number of nitrogens with one attached hydrogen (secondary N) is 1. The third kappa shape index (κ3) is 5.14. The largest absolute Gasteiger partial charge is 0.481 e. The average Bonchev–Trinajstić information content (AvgIpc) is 2.79. The van der Waals surface area contributed by atoms with Crippen LogP contribution < -0.4 is 5.32 Å². The van der Waals surface area contributed by atoms with E-state index >= 15 is 0 Å². The van der Waals surface area contributed by atoms with E-state index in [0.717, 1.165) is 10.6 Å². The van der Waals surface area contributed by atoms with Gasteiger partial charge in [-0.15, -0.1) is 11.3 Å². The molecule has 20 heavy (non-hydrogen) atoms. The van der Waals surface area contributed by atoms with Crippen molar-refractivity contribution in [1.82, 2.24) is 15.2 Å². The molecule has 0 radical (unpaired) electrons. The number of carbonyl (C=O) groups is 2. The minimum absolute atomic E-state index is 0.144. The fourth-order valence-corrected chi connectivity index (χ4v) is 2.36. The number of carbonyl (C=O) groups excluding carboxylic acids is 1. The van der Waals surface area contributed by atoms with Crippen LogP contribution >= 0.6 is 11.3 Å². The van der Waals surface area contributed by atoms with Crippen LogP contribution in [0.15, 0.2) is 5.51 Å². The lowest BCUT2D eigenvalue weighted by molar-refractivity contribution is -0.139. The topological polar surface area (TPSA) is 91.8 Å². The molecule has 112 valence electrons. The molecule has 0 aliphatic heterocycles. The van der Waals surface area contributed by atoms with Gasteiger partial charge in [-0.2, -0.15) is 0 Å². The van der Waals surface area contributed by atoms with Crippen molar-refractivity contribution in [1.29, 1.82) is 0 Å². The number of aryl methyl sites for hydroxylation is 1. The Morgan fingerprint density at radius 1 is 1.60 bits per heavy atom. The lowest BCUT2D eigenvalue weighted by Gasteiger charge is -2.20. The van der Waals surface area contributed by atoms with Crippen LogP contribution in [-0.2, 0) is 16.1 Å². The predicted octanol–water partition coefficient (Wildman–Crippen LogP) is 1.08. The summed E-state index contributed by atoms with van der Waals surface area (Å²) < 4.78 is 4.99. The fourth-order valence-electron chi connectivity index (χ4n) is 1.53. The number of carboxylic acid groups (broad SMARTS) is 1. The number of ether oxygens (including phenoxy) is 1. The number of aliphatic carboxylic acids is 1. The number of methoxy groups -OCH3 is 1. The molecule has 1 aromatic heterocycles. The number of nitrogens with zero attached hydrogens (tertiary/aromatic N) is 2. The summed E-state index contributed by atoms with van der Waals surface area (Å²) in [6, 6.07) is -0.273. The summed E-state index contributed by atoms with van der Waals surface area (Å²) >= 11 is 1.50. The van der Waals surface area contributed by atoms with E-state index in [-0.39, 0.29) is 19.0 Å². The first kappa shape index (κ1) is 16.4. The lowest BCUT2D eigenvalue weighted by Crippen LogP contribution is -2.41. The van der Waals surface area contributed by atoms with Gasteiger partial charge in [0.1, 0.15) is 0 Å². The first-order valence-electron chi connectivity index (χ1n) is 6.06. The molecular weight excluding hydrogens is 282 g/mol. The second kappa shape index (κ2) is 7.81. The van der Waals surface area contributed by atoms with Gasteiger partial charge in [0.05, 0.1) is 30.3 Å². The average molecular weight is 301 g/mol. The summed E-state index contributed by atoms with van der Waals surface area (Å²) in [5, 5.41) is 11.3. The number of urea groups is 1. The van der Waals surface area contributed by atoms with Gasteiger partial charge in [-0.25, -0.2) is 9.78 Å². The Bertz CT molecular complexity index is 463. The van der Waals surface area contributed by atoms with Crippen molar-refractivity contribution in [3.8, 4) is 0 Å². The second-order valence-electron chi connectivity index (χ2n) is 4.36. The van der Waals surface area contributed by atoms with E-state index in [4.69, 9.17) is 9.84 Å². The Labute approximate surface area is 121 Å². The molecule has 0 aromatic carbocycles. The van der Waals surface area contributed by atoms with Gasteiger partial charge >= 0.3 is 12.0 Å². The molecule has 0 fully saturated rings. The molecule has 0 aliphatic carbocycles. The predicted molar refractivity (Wildman–Crippen MR) is 74.8 cm³/mol. The Hall–Kier alpha value is -1.67. The molecule has 7 nitrogen and oxygen atoms in total. The summed E-state index contributed by atoms with van der Waals surface area (Å²) in [5.74, 6) is -0.959. The summed E-state index contributed by atoms with van der Waals surface area (Å²) in [4.78, 5) is 29.1. The van der Waals surface area contributed by atoms with Crippen molar-refractivity contribution in [2.75, 3.05) is 20.7 Å². The standard InChI is InChI=1S/C12H19N3O4S/c1-8-10(20-7-14-8)6-15(2)12(18)13-5-9(19-3)4-11(16)17/h7,9H,4-6H2,1-3H3,(H,13,18)(H,16,17). The van der Waals surface area contributed by atoms with Gasteiger partial charge in [-0.3, -0.25) is 4.79 Å². The number of aromatic nitrogens is 1. The smallest absolute Gasteiger partial charge is 0.317 e. The van der Waals surface area contributed by atoms with Crippen molar-refractivity contribution >= 4 is 23.3 Å². The molecule has 0 bridgehead atoms. The van der Waals surface area contributed by atoms with Crippen molar-refractivity contribution in [2.45, 2.75) is 26.0 Å². The summed E-state index contributed by atoms with van der Waals surface area (Å²) in [7, 11) is 3.09. The van der Waals surface area contributed by atoms with Crippen LogP contribution in [0.5, 0.6) is 0 Å². The third-order valence-corrected chi connectivity index (χ3v) is 3.71. The normalized spacial score (nSPS) is 11.9. The number of hydrogen-bond donors (Lipinski definition) is 2. The molecule has 2 amide bonds. The van der Waals surface area contributed by atoms with Crippen LogP contribution in [0.3, 0.4) is 0 Å². The highest BCUT2D eigenvalue weighted by Crippen LogP contribution is 2.14. The monoisotopic (exact) mass is 301 g/mol. The van der Waals surface area contributed by atoms with Crippen molar-refractivity contribution in [2.24, 2.45) is 0 Å². The van der Waals surface area contributed by atoms with E-state index in [2.05, 4.69) is 10.3 Å². The Morgan fingerprint density at radius 3 is 2.80 bits per heavy atom. The molecule has 1 atom stereocenters. The first-order chi connectivity index (χ1) is 9.43. The van der Waals surface area contributed by atoms with Crippen LogP contribution in [0.25, 0.3) is 0 Å². The van der Waals surface area contributed by atoms with Crippen LogP contribution in [0.1, 0.15) is 17.0 Å². The summed E-state index contributed by atoms with van der Waals surface area (Å²) in [6.07, 6.45) is -0.677. The number of carboxylic acids is 1. The maximum Gasteiger partial charge on any atom is 0.317 e. The maximum atomic E-state index is 11.9. The highest BCUT2D eigenvalue weighted by molar-refractivity contribution is 7.09. The van der Waals surface area contributed by atoms with Crippen LogP contribution in [0.4, 0.5) is 4.79 Å². The van der Waals surface area contributed by atoms with Gasteiger partial charge in [0, 0.05) is 25.6 Å². The van der Waals surface area contributed by atoms with Gasteiger partial charge < -0.3 is 20.1 Å². The van der Waals surface area contributed by atoms with Gasteiger partial charge in [0.2, 0.25) is 0 Å². The minimum atomic E-state index is -0.959. The van der Waals surface area contributed by atoms with E-state index in [0.29, 0.717) is 6.54 Å². The number of amides is 2. The van der Waals surface area contributed by atoms with Crippen LogP contribution in [0, 0.1) is 6.92 Å². The van der Waals surface area contributed by atoms with Crippen LogP contribution in [-0.4, -0.2) is 53.8 Å². The van der Waals surface area contributed by atoms with E-state index in [9.17, 15) is 9.59 Å². The molecule has 1 rings (SSSR count). The lowest BCUT2D eigenvalue weighted by atomic mass is 10.2. The Balaban J connectivity index is 2.41. The molecule has 0 saturated carbocycles. The Kier molecular flexibility index (Phi) is 6.40. The Morgan fingerprint density at radius 2 is 2.30 bits per heavy atom. The quantitative estimate of drug-likeness (QED) is 0.786. The minimum Gasteiger partial charge on any atom is -0.481 e. The van der Waals surface area contributed by atoms with E-state index in [1.165, 1.54) is 23.3 Å². The number of thiazole rings is 1. The highest BCUT2D eigenvalue weighted by Gasteiger charge is 2.16. The van der Waals surface area contributed by atoms with E-state index in [1.54, 1.807) is 12.6 Å². The zero-order chi connectivity index (χ0) is 15.1. The molecule has 0 aliphatic rings. The molecule has 1 heterocycles. The third-order valence-electron chi connectivity index (χ3n) is 2.79. The van der Waals surface area contributed by atoms with Gasteiger partial charge in [-0.05, 0) is 6.92 Å². The zero-order valence-electron chi connectivity index (χ0n) is 11.8. The summed E-state index contributed by atoms with van der Waals surface area (Å²) in [6.45, 7) is 2.53. The van der Waals surface area contributed by atoms with Crippen molar-refractivity contribution in [3.05, 3.63) is 16.1 Å². The first-order valence-corrected chi connectivity index (χ1v) is 6.94. The molecule has 1 unspecified atom stereocenters. The second-order valence-corrected chi connectivity index (χ2v) is 5.30. The van der Waals surface area contributed by atoms with Gasteiger partial charge in [-0.1, -0.05) is 0 Å². The highest BCUT2D eigenvalue weighted by atomic mass is 32.1. The number of rotatable bonds is 7. The van der Waals surface area contributed by atoms with Crippen molar-refractivity contribution < 1.29 is 19.4 Å². The number of hydrogen-bond acceptors (Lipinski definition) is 5. The summed E-state index contributed by atoms with van der Waals surface area (Å²) in [5.41, 5.74) is 2.65. The van der Waals surface area contributed by atoms with E-state index in [1.807, 2.05) is 6.92 Å².